The average molecular weight is 204 g/mol. The fraction of sp³-hybridized carbons (Fsp3) is 0. The van der Waals surface area contributed by atoms with Crippen molar-refractivity contribution in [1.29, 1.82) is 0 Å². The molecule has 0 spiro atoms. The fourth-order valence-corrected chi connectivity index (χ4v) is 1.37. The summed E-state index contributed by atoms with van der Waals surface area (Å²) in [7, 11) is 0. The predicted molar refractivity (Wildman–Crippen MR) is 56.0 cm³/mol. The van der Waals surface area contributed by atoms with Crippen LogP contribution in [0.25, 0.3) is 11.2 Å². The summed E-state index contributed by atoms with van der Waals surface area (Å²) in [6, 6.07) is 4.04. The molecule has 3 rings (SSSR count). The molecule has 0 aliphatic heterocycles. The normalized spacial score (nSPS) is 9.43. The summed E-state index contributed by atoms with van der Waals surface area (Å²) in [5, 5.41) is 4.08. The summed E-state index contributed by atoms with van der Waals surface area (Å²) >= 11 is 1.71. The van der Waals surface area contributed by atoms with Gasteiger partial charge in [-0.2, -0.15) is 11.3 Å². The molecule has 0 radical (unpaired) electrons. The molecule has 0 amide bonds. The zero-order chi connectivity index (χ0) is 9.64. The van der Waals surface area contributed by atoms with Gasteiger partial charge in [-0.15, -0.1) is 0 Å². The smallest absolute Gasteiger partial charge is 0.180 e. The van der Waals surface area contributed by atoms with Crippen LogP contribution in [0, 0.1) is 0 Å². The van der Waals surface area contributed by atoms with Crippen molar-refractivity contribution in [2.75, 3.05) is 0 Å². The van der Waals surface area contributed by atoms with E-state index in [1.807, 2.05) is 22.9 Å². The molecular weight excluding hydrogens is 196 g/mol. The zero-order valence-electron chi connectivity index (χ0n) is 7.29. The highest BCUT2D eigenvalue weighted by Gasteiger charge is 1.91. The number of thiophene rings is 1. The van der Waals surface area contributed by atoms with E-state index in [1.165, 1.54) is 6.33 Å². The van der Waals surface area contributed by atoms with E-state index in [-0.39, 0.29) is 0 Å². The zero-order valence-corrected chi connectivity index (χ0v) is 8.11. The summed E-state index contributed by atoms with van der Waals surface area (Å²) in [6.45, 7) is 0. The fourth-order valence-electron chi connectivity index (χ4n) is 0.918. The van der Waals surface area contributed by atoms with Crippen molar-refractivity contribution in [2.24, 2.45) is 0 Å². The number of rotatable bonds is 0. The Kier molecular flexibility index (Phi) is 2.82. The molecule has 0 saturated carbocycles. The minimum absolute atomic E-state index is 0.713. The molecular formula is C9H8N4S. The van der Waals surface area contributed by atoms with Crippen LogP contribution in [0.1, 0.15) is 0 Å². The standard InChI is InChI=1S/C5H4N4.C4H4S/c1-4-5(8-2-6-1)9-3-7-4;1-2-4-5-3-1/h1-3H,(H,6,7,8,9);1-4H. The van der Waals surface area contributed by atoms with Gasteiger partial charge in [0.05, 0.1) is 12.5 Å². The van der Waals surface area contributed by atoms with E-state index in [0.717, 1.165) is 5.52 Å². The second kappa shape index (κ2) is 4.48. The minimum Gasteiger partial charge on any atom is -0.342 e. The van der Waals surface area contributed by atoms with Crippen LogP contribution in [0.4, 0.5) is 0 Å². The highest BCUT2D eigenvalue weighted by atomic mass is 32.1. The van der Waals surface area contributed by atoms with Crippen LogP contribution < -0.4 is 0 Å². The summed E-state index contributed by atoms with van der Waals surface area (Å²) < 4.78 is 0. The lowest BCUT2D eigenvalue weighted by atomic mass is 10.6. The topological polar surface area (TPSA) is 54.5 Å². The van der Waals surface area contributed by atoms with Gasteiger partial charge in [-0.3, -0.25) is 0 Å². The summed E-state index contributed by atoms with van der Waals surface area (Å²) in [5.74, 6) is 0. The summed E-state index contributed by atoms with van der Waals surface area (Å²) in [6.07, 6.45) is 4.76. The van der Waals surface area contributed by atoms with E-state index in [1.54, 1.807) is 23.9 Å². The largest absolute Gasteiger partial charge is 0.342 e. The van der Waals surface area contributed by atoms with E-state index < -0.39 is 0 Å². The van der Waals surface area contributed by atoms with Crippen molar-refractivity contribution in [3.8, 4) is 0 Å². The van der Waals surface area contributed by atoms with Gasteiger partial charge in [0.2, 0.25) is 0 Å². The van der Waals surface area contributed by atoms with Gasteiger partial charge >= 0.3 is 0 Å². The molecule has 14 heavy (non-hydrogen) atoms. The van der Waals surface area contributed by atoms with Gasteiger partial charge in [0.25, 0.3) is 0 Å². The molecule has 4 nitrogen and oxygen atoms in total. The molecule has 5 heteroatoms. The van der Waals surface area contributed by atoms with Gasteiger partial charge in [0.1, 0.15) is 11.8 Å². The lowest BCUT2D eigenvalue weighted by Crippen LogP contribution is -1.76. The molecule has 0 bridgehead atoms. The average Bonchev–Trinajstić information content (AvgIpc) is 2.92. The van der Waals surface area contributed by atoms with Crippen molar-refractivity contribution >= 4 is 22.5 Å². The van der Waals surface area contributed by atoms with E-state index in [9.17, 15) is 0 Å². The van der Waals surface area contributed by atoms with Crippen LogP contribution in [0.5, 0.6) is 0 Å². The maximum atomic E-state index is 3.91. The Morgan fingerprint density at radius 3 is 2.64 bits per heavy atom. The molecule has 0 saturated heterocycles. The lowest BCUT2D eigenvalue weighted by Gasteiger charge is -1.80. The molecule has 0 aliphatic rings. The second-order valence-corrected chi connectivity index (χ2v) is 3.27. The Balaban J connectivity index is 0.000000128. The van der Waals surface area contributed by atoms with Gasteiger partial charge < -0.3 is 4.98 Å². The first-order valence-corrected chi connectivity index (χ1v) is 4.97. The molecule has 3 aromatic heterocycles. The quantitative estimate of drug-likeness (QED) is 0.610. The van der Waals surface area contributed by atoms with Crippen LogP contribution in [0.15, 0.2) is 41.7 Å². The molecule has 0 fully saturated rings. The molecule has 3 aromatic rings. The van der Waals surface area contributed by atoms with Crippen LogP contribution in [0.3, 0.4) is 0 Å². The number of aromatic nitrogens is 4. The number of hydrogen-bond donors (Lipinski definition) is 1. The van der Waals surface area contributed by atoms with E-state index in [4.69, 9.17) is 0 Å². The third-order valence-electron chi connectivity index (χ3n) is 1.52. The maximum absolute atomic E-state index is 3.91. The van der Waals surface area contributed by atoms with E-state index in [0.29, 0.717) is 5.65 Å². The van der Waals surface area contributed by atoms with Crippen LogP contribution in [0.2, 0.25) is 0 Å². The number of aromatic amines is 1. The minimum atomic E-state index is 0.713. The first-order valence-electron chi connectivity index (χ1n) is 4.03. The molecule has 70 valence electrons. The number of imidazole rings is 1. The number of fused-ring (bicyclic) bond motifs is 1. The number of H-pyrrole nitrogens is 1. The third-order valence-corrected chi connectivity index (χ3v) is 2.15. The maximum Gasteiger partial charge on any atom is 0.180 e. The number of nitrogens with one attached hydrogen (secondary N) is 1. The Hall–Kier alpha value is -1.75. The van der Waals surface area contributed by atoms with Gasteiger partial charge in [0.15, 0.2) is 5.65 Å². The Morgan fingerprint density at radius 1 is 1.14 bits per heavy atom. The van der Waals surface area contributed by atoms with Crippen molar-refractivity contribution in [3.05, 3.63) is 41.7 Å². The molecule has 1 N–H and O–H groups in total. The molecule has 3 heterocycles. The SMILES string of the molecule is c1ccsc1.c1ncc2[nH]cnc2n1. The molecule has 0 atom stereocenters. The van der Waals surface area contributed by atoms with E-state index in [2.05, 4.69) is 19.9 Å². The predicted octanol–water partition coefficient (Wildman–Crippen LogP) is 2.10. The van der Waals surface area contributed by atoms with Gasteiger partial charge in [-0.1, -0.05) is 12.1 Å². The van der Waals surface area contributed by atoms with Crippen molar-refractivity contribution < 1.29 is 0 Å². The summed E-state index contributed by atoms with van der Waals surface area (Å²) in [4.78, 5) is 14.5. The molecule has 0 aliphatic carbocycles. The van der Waals surface area contributed by atoms with E-state index >= 15 is 0 Å². The third kappa shape index (κ3) is 2.14. The van der Waals surface area contributed by atoms with Gasteiger partial charge in [-0.25, -0.2) is 15.0 Å². The van der Waals surface area contributed by atoms with Crippen LogP contribution in [-0.2, 0) is 0 Å². The second-order valence-electron chi connectivity index (χ2n) is 2.46. The van der Waals surface area contributed by atoms with Crippen molar-refractivity contribution in [1.82, 2.24) is 19.9 Å². The van der Waals surface area contributed by atoms with Crippen LogP contribution in [-0.4, -0.2) is 19.9 Å². The Morgan fingerprint density at radius 2 is 2.00 bits per heavy atom. The van der Waals surface area contributed by atoms with Gasteiger partial charge in [-0.05, 0) is 10.8 Å². The van der Waals surface area contributed by atoms with Gasteiger partial charge in [0, 0.05) is 0 Å². The number of nitrogens with zero attached hydrogens (tertiary/aromatic N) is 3. The molecule has 0 unspecified atom stereocenters. The first-order chi connectivity index (χ1) is 6.97. The Labute approximate surface area is 84.7 Å². The lowest BCUT2D eigenvalue weighted by molar-refractivity contribution is 1.20. The number of hydrogen-bond acceptors (Lipinski definition) is 4. The highest BCUT2D eigenvalue weighted by molar-refractivity contribution is 7.07. The summed E-state index contributed by atoms with van der Waals surface area (Å²) in [5.41, 5.74) is 1.59. The first kappa shape index (κ1) is 8.83. The van der Waals surface area contributed by atoms with Crippen LogP contribution >= 0.6 is 11.3 Å². The van der Waals surface area contributed by atoms with Crippen molar-refractivity contribution in [2.45, 2.75) is 0 Å². The van der Waals surface area contributed by atoms with Crippen molar-refractivity contribution in [3.63, 3.8) is 0 Å². The monoisotopic (exact) mass is 204 g/mol. The highest BCUT2D eigenvalue weighted by Crippen LogP contribution is 1.99. The molecule has 0 aromatic carbocycles. The Bertz CT molecular complexity index is 427.